The molecule has 0 spiro atoms. The number of benzene rings is 2. The summed E-state index contributed by atoms with van der Waals surface area (Å²) >= 11 is 5.34. The standard InChI is InChI=1S/C22H22N4O3S/c27-19-9-5-4-8-17(19)21(29)25-12-10-15(11-13-25)24-20(28)18-14-23-22(30)26(18)16-6-2-1-3-7-16/h1-9,14-15,27H,10-13H2,(H,23,30)(H,24,28). The molecule has 0 saturated carbocycles. The summed E-state index contributed by atoms with van der Waals surface area (Å²) in [6.07, 6.45) is 2.89. The first-order valence-corrected chi connectivity index (χ1v) is 10.2. The van der Waals surface area contributed by atoms with Crippen LogP contribution in [0.3, 0.4) is 0 Å². The van der Waals surface area contributed by atoms with Crippen molar-refractivity contribution in [3.8, 4) is 11.4 Å². The third-order valence-electron chi connectivity index (χ3n) is 5.28. The van der Waals surface area contributed by atoms with Crippen LogP contribution in [0.2, 0.25) is 0 Å². The molecule has 0 radical (unpaired) electrons. The summed E-state index contributed by atoms with van der Waals surface area (Å²) in [7, 11) is 0. The van der Waals surface area contributed by atoms with Gasteiger partial charge in [0.25, 0.3) is 11.8 Å². The zero-order valence-electron chi connectivity index (χ0n) is 16.2. The zero-order chi connectivity index (χ0) is 21.1. The third kappa shape index (κ3) is 3.99. The lowest BCUT2D eigenvalue weighted by atomic mass is 10.0. The first kappa shape index (κ1) is 19.9. The van der Waals surface area contributed by atoms with Gasteiger partial charge in [0.2, 0.25) is 0 Å². The molecule has 1 saturated heterocycles. The van der Waals surface area contributed by atoms with Gasteiger partial charge in [0.05, 0.1) is 5.56 Å². The van der Waals surface area contributed by atoms with E-state index >= 15 is 0 Å². The molecule has 1 fully saturated rings. The Hall–Kier alpha value is -3.39. The van der Waals surface area contributed by atoms with Crippen molar-refractivity contribution in [2.75, 3.05) is 13.1 Å². The summed E-state index contributed by atoms with van der Waals surface area (Å²) in [5.41, 5.74) is 1.56. The SMILES string of the molecule is O=C(NC1CCN(C(=O)c2ccccc2O)CC1)c1c[nH]c(=S)n1-c1ccccc1. The van der Waals surface area contributed by atoms with E-state index in [1.54, 1.807) is 33.9 Å². The predicted molar refractivity (Wildman–Crippen MR) is 115 cm³/mol. The molecular weight excluding hydrogens is 400 g/mol. The molecule has 30 heavy (non-hydrogen) atoms. The summed E-state index contributed by atoms with van der Waals surface area (Å²) in [4.78, 5) is 30.2. The molecule has 7 nitrogen and oxygen atoms in total. The molecule has 2 heterocycles. The number of likely N-dealkylation sites (tertiary alicyclic amines) is 1. The van der Waals surface area contributed by atoms with Crippen molar-refractivity contribution < 1.29 is 14.7 Å². The molecule has 2 aromatic carbocycles. The maximum absolute atomic E-state index is 12.9. The number of carbonyl (C=O) groups is 2. The van der Waals surface area contributed by atoms with Gasteiger partial charge in [0.15, 0.2) is 4.77 Å². The van der Waals surface area contributed by atoms with Gasteiger partial charge < -0.3 is 20.3 Å². The quantitative estimate of drug-likeness (QED) is 0.563. The number of H-pyrrole nitrogens is 1. The fourth-order valence-corrected chi connectivity index (χ4v) is 3.94. The van der Waals surface area contributed by atoms with E-state index < -0.39 is 0 Å². The number of aromatic amines is 1. The van der Waals surface area contributed by atoms with E-state index in [1.165, 1.54) is 6.07 Å². The van der Waals surface area contributed by atoms with E-state index in [0.29, 0.717) is 42.0 Å². The summed E-state index contributed by atoms with van der Waals surface area (Å²) < 4.78 is 2.16. The Morgan fingerprint density at radius 1 is 1.03 bits per heavy atom. The van der Waals surface area contributed by atoms with Crippen molar-refractivity contribution in [2.45, 2.75) is 18.9 Å². The fraction of sp³-hybridized carbons (Fsp3) is 0.227. The van der Waals surface area contributed by atoms with Crippen LogP contribution in [0, 0.1) is 4.77 Å². The molecule has 0 bridgehead atoms. The van der Waals surface area contributed by atoms with E-state index in [-0.39, 0.29) is 23.6 Å². The van der Waals surface area contributed by atoms with Gasteiger partial charge in [-0.2, -0.15) is 0 Å². The molecule has 4 rings (SSSR count). The number of hydrogen-bond acceptors (Lipinski definition) is 4. The molecule has 1 aromatic heterocycles. The second-order valence-corrected chi connectivity index (χ2v) is 7.59. The molecule has 1 aliphatic rings. The van der Waals surface area contributed by atoms with Crippen molar-refractivity contribution in [1.29, 1.82) is 0 Å². The number of piperidine rings is 1. The lowest BCUT2D eigenvalue weighted by Crippen LogP contribution is -2.46. The molecular formula is C22H22N4O3S. The summed E-state index contributed by atoms with van der Waals surface area (Å²) in [5, 5.41) is 13.0. The summed E-state index contributed by atoms with van der Waals surface area (Å²) in [6, 6.07) is 16.0. The van der Waals surface area contributed by atoms with Gasteiger partial charge in [0, 0.05) is 31.0 Å². The first-order valence-electron chi connectivity index (χ1n) is 9.78. The van der Waals surface area contributed by atoms with Crippen LogP contribution < -0.4 is 5.32 Å². The number of aromatic nitrogens is 2. The van der Waals surface area contributed by atoms with E-state index in [1.807, 2.05) is 30.3 Å². The zero-order valence-corrected chi connectivity index (χ0v) is 17.1. The average molecular weight is 423 g/mol. The van der Waals surface area contributed by atoms with Gasteiger partial charge >= 0.3 is 0 Å². The number of imidazole rings is 1. The van der Waals surface area contributed by atoms with Crippen molar-refractivity contribution in [3.63, 3.8) is 0 Å². The number of phenolic OH excluding ortho intramolecular Hbond substituents is 1. The Bertz CT molecular complexity index is 1110. The topological polar surface area (TPSA) is 90.4 Å². The monoisotopic (exact) mass is 422 g/mol. The molecule has 0 atom stereocenters. The normalized spacial score (nSPS) is 14.5. The van der Waals surface area contributed by atoms with Crippen molar-refractivity contribution in [2.24, 2.45) is 0 Å². The van der Waals surface area contributed by atoms with E-state index in [2.05, 4.69) is 10.3 Å². The molecule has 2 amide bonds. The number of carbonyl (C=O) groups excluding carboxylic acids is 2. The van der Waals surface area contributed by atoms with E-state index in [0.717, 1.165) is 5.69 Å². The summed E-state index contributed by atoms with van der Waals surface area (Å²) in [5.74, 6) is -0.423. The van der Waals surface area contributed by atoms with Crippen LogP contribution in [-0.2, 0) is 0 Å². The fourth-order valence-electron chi connectivity index (χ4n) is 3.68. The van der Waals surface area contributed by atoms with Crippen LogP contribution in [0.25, 0.3) is 5.69 Å². The molecule has 0 unspecified atom stereocenters. The Labute approximate surface area is 179 Å². The number of rotatable bonds is 4. The Kier molecular flexibility index (Phi) is 5.67. The lowest BCUT2D eigenvalue weighted by molar-refractivity contribution is 0.0695. The first-order chi connectivity index (χ1) is 14.5. The van der Waals surface area contributed by atoms with Gasteiger partial charge in [-0.25, -0.2) is 0 Å². The lowest BCUT2D eigenvalue weighted by Gasteiger charge is -2.32. The van der Waals surface area contributed by atoms with Crippen molar-refractivity contribution >= 4 is 24.0 Å². The van der Waals surface area contributed by atoms with E-state index in [9.17, 15) is 14.7 Å². The number of aromatic hydroxyl groups is 1. The van der Waals surface area contributed by atoms with Crippen LogP contribution in [0.15, 0.2) is 60.8 Å². The van der Waals surface area contributed by atoms with Crippen LogP contribution in [0.5, 0.6) is 5.75 Å². The van der Waals surface area contributed by atoms with Crippen LogP contribution in [-0.4, -0.2) is 50.5 Å². The van der Waals surface area contributed by atoms with Gasteiger partial charge in [-0.15, -0.1) is 0 Å². The number of phenols is 1. The van der Waals surface area contributed by atoms with E-state index in [4.69, 9.17) is 12.2 Å². The largest absolute Gasteiger partial charge is 0.507 e. The Balaban J connectivity index is 1.41. The predicted octanol–water partition coefficient (Wildman–Crippen LogP) is 3.28. The molecule has 154 valence electrons. The molecule has 3 aromatic rings. The molecule has 8 heteroatoms. The van der Waals surface area contributed by atoms with Gasteiger partial charge in [-0.1, -0.05) is 30.3 Å². The Morgan fingerprint density at radius 3 is 2.40 bits per heavy atom. The number of amides is 2. The van der Waals surface area contributed by atoms with Gasteiger partial charge in [-0.3, -0.25) is 14.2 Å². The smallest absolute Gasteiger partial charge is 0.270 e. The maximum atomic E-state index is 12.9. The van der Waals surface area contributed by atoms with Crippen molar-refractivity contribution in [3.05, 3.63) is 76.8 Å². The highest BCUT2D eigenvalue weighted by Crippen LogP contribution is 2.21. The maximum Gasteiger partial charge on any atom is 0.270 e. The van der Waals surface area contributed by atoms with Gasteiger partial charge in [0.1, 0.15) is 11.4 Å². The van der Waals surface area contributed by atoms with Crippen molar-refractivity contribution in [1.82, 2.24) is 19.8 Å². The highest BCUT2D eigenvalue weighted by Gasteiger charge is 2.27. The Morgan fingerprint density at radius 2 is 1.70 bits per heavy atom. The third-order valence-corrected chi connectivity index (χ3v) is 5.58. The second-order valence-electron chi connectivity index (χ2n) is 7.21. The van der Waals surface area contributed by atoms with Gasteiger partial charge in [-0.05, 0) is 49.3 Å². The second kappa shape index (κ2) is 8.54. The molecule has 1 aliphatic heterocycles. The average Bonchev–Trinajstić information content (AvgIpc) is 3.16. The number of nitrogens with zero attached hydrogens (tertiary/aromatic N) is 2. The van der Waals surface area contributed by atoms with Crippen LogP contribution >= 0.6 is 12.2 Å². The van der Waals surface area contributed by atoms with Crippen LogP contribution in [0.1, 0.15) is 33.7 Å². The number of nitrogens with one attached hydrogen (secondary N) is 2. The minimum atomic E-state index is -0.211. The molecule has 0 aliphatic carbocycles. The highest BCUT2D eigenvalue weighted by molar-refractivity contribution is 7.71. The minimum Gasteiger partial charge on any atom is -0.507 e. The highest BCUT2D eigenvalue weighted by atomic mass is 32.1. The number of para-hydroxylation sites is 2. The minimum absolute atomic E-state index is 0.0180. The van der Waals surface area contributed by atoms with Crippen LogP contribution in [0.4, 0.5) is 0 Å². The number of hydrogen-bond donors (Lipinski definition) is 3. The summed E-state index contributed by atoms with van der Waals surface area (Å²) in [6.45, 7) is 1.02. The molecule has 3 N–H and O–H groups in total.